The molecule has 24 heavy (non-hydrogen) atoms. The highest BCUT2D eigenvalue weighted by atomic mass is 16.5. The van der Waals surface area contributed by atoms with E-state index in [0.29, 0.717) is 30.1 Å². The largest absolute Gasteiger partial charge is 0.478 e. The van der Waals surface area contributed by atoms with Crippen molar-refractivity contribution in [2.75, 3.05) is 11.9 Å². The van der Waals surface area contributed by atoms with Crippen molar-refractivity contribution < 1.29 is 14.3 Å². The highest BCUT2D eigenvalue weighted by molar-refractivity contribution is 6.04. The summed E-state index contributed by atoms with van der Waals surface area (Å²) in [4.78, 5) is 34.7. The van der Waals surface area contributed by atoms with Gasteiger partial charge in [-0.05, 0) is 31.0 Å². The molecule has 2 amide bonds. The van der Waals surface area contributed by atoms with E-state index in [9.17, 15) is 9.59 Å². The molecule has 0 radical (unpaired) electrons. The van der Waals surface area contributed by atoms with E-state index in [1.54, 1.807) is 36.2 Å². The number of hydrogen-bond donors (Lipinski definition) is 1. The van der Waals surface area contributed by atoms with Gasteiger partial charge in [0.25, 0.3) is 11.8 Å². The maximum Gasteiger partial charge on any atom is 0.265 e. The monoisotopic (exact) mass is 324 g/mol. The minimum atomic E-state index is -0.624. The minimum absolute atomic E-state index is 0.125. The highest BCUT2D eigenvalue weighted by Gasteiger charge is 2.30. The van der Waals surface area contributed by atoms with Crippen molar-refractivity contribution in [1.29, 1.82) is 0 Å². The number of fused-ring (bicyclic) bond motifs is 2. The van der Waals surface area contributed by atoms with Gasteiger partial charge in [0.1, 0.15) is 6.33 Å². The lowest BCUT2D eigenvalue weighted by Crippen LogP contribution is -2.39. The summed E-state index contributed by atoms with van der Waals surface area (Å²) in [6, 6.07) is 5.20. The van der Waals surface area contributed by atoms with Crippen LogP contribution in [0.5, 0.6) is 5.75 Å². The Morgan fingerprint density at radius 1 is 1.42 bits per heavy atom. The second-order valence-electron chi connectivity index (χ2n) is 5.90. The van der Waals surface area contributed by atoms with E-state index in [1.807, 2.05) is 0 Å². The molecule has 2 aliphatic heterocycles. The maximum absolute atomic E-state index is 13.0. The van der Waals surface area contributed by atoms with E-state index in [-0.39, 0.29) is 11.8 Å². The third kappa shape index (κ3) is 2.38. The van der Waals surface area contributed by atoms with Gasteiger partial charge in [0, 0.05) is 12.7 Å². The molecule has 2 aromatic rings. The summed E-state index contributed by atoms with van der Waals surface area (Å²) >= 11 is 0. The van der Waals surface area contributed by atoms with E-state index in [2.05, 4.69) is 15.3 Å². The Morgan fingerprint density at radius 3 is 3.17 bits per heavy atom. The molecule has 2 aliphatic rings. The molecule has 0 saturated carbocycles. The molecule has 1 N–H and O–H groups in total. The molecule has 3 heterocycles. The molecule has 4 rings (SSSR count). The molecule has 7 heteroatoms. The zero-order valence-corrected chi connectivity index (χ0v) is 13.2. The molecule has 1 atom stereocenters. The summed E-state index contributed by atoms with van der Waals surface area (Å²) in [6.07, 6.45) is 3.40. The number of nitrogens with one attached hydrogen (secondary N) is 1. The van der Waals surface area contributed by atoms with Gasteiger partial charge in [-0.2, -0.15) is 0 Å². The first-order valence-corrected chi connectivity index (χ1v) is 7.81. The summed E-state index contributed by atoms with van der Waals surface area (Å²) in [6.45, 7) is 2.71. The second kappa shape index (κ2) is 5.59. The van der Waals surface area contributed by atoms with E-state index in [0.717, 1.165) is 17.7 Å². The summed E-state index contributed by atoms with van der Waals surface area (Å²) in [5.41, 5.74) is 2.94. The Bertz CT molecular complexity index is 836. The third-order valence-electron chi connectivity index (χ3n) is 4.33. The number of amides is 2. The normalized spacial score (nSPS) is 19.0. The molecule has 0 bridgehead atoms. The van der Waals surface area contributed by atoms with Gasteiger partial charge < -0.3 is 15.0 Å². The summed E-state index contributed by atoms with van der Waals surface area (Å²) < 4.78 is 5.67. The van der Waals surface area contributed by atoms with Gasteiger partial charge in [-0.3, -0.25) is 9.59 Å². The smallest absolute Gasteiger partial charge is 0.265 e. The Hall–Kier alpha value is -2.96. The summed E-state index contributed by atoms with van der Waals surface area (Å²) in [5, 5.41) is 2.77. The number of hydrogen-bond acceptors (Lipinski definition) is 5. The summed E-state index contributed by atoms with van der Waals surface area (Å²) in [7, 11) is 0. The van der Waals surface area contributed by atoms with Gasteiger partial charge in [0.05, 0.1) is 23.5 Å². The number of anilines is 1. The first-order chi connectivity index (χ1) is 11.6. The topological polar surface area (TPSA) is 84.4 Å². The van der Waals surface area contributed by atoms with Crippen LogP contribution >= 0.6 is 0 Å². The quantitative estimate of drug-likeness (QED) is 0.857. The van der Waals surface area contributed by atoms with E-state index < -0.39 is 6.10 Å². The van der Waals surface area contributed by atoms with Crippen molar-refractivity contribution in [2.24, 2.45) is 0 Å². The van der Waals surface area contributed by atoms with Crippen LogP contribution in [0.15, 0.2) is 30.7 Å². The number of rotatable bonds is 1. The van der Waals surface area contributed by atoms with Crippen LogP contribution in [0.2, 0.25) is 0 Å². The standard InChI is InChI=1S/C17H16N4O3/c1-10-16(22)20-13-4-2-3-12(15(13)24-10)17(23)21-6-5-11-7-18-9-19-14(11)8-21/h2-4,7,9-10H,5-6,8H2,1H3,(H,20,22)/t10-/m1/s1. The van der Waals surface area contributed by atoms with Gasteiger partial charge in [0.15, 0.2) is 11.9 Å². The van der Waals surface area contributed by atoms with Gasteiger partial charge in [-0.1, -0.05) is 6.07 Å². The lowest BCUT2D eigenvalue weighted by atomic mass is 10.0. The number of carbonyl (C=O) groups is 2. The molecule has 0 aliphatic carbocycles. The predicted octanol–water partition coefficient (Wildman–Crippen LogP) is 1.39. The molecule has 1 aromatic carbocycles. The zero-order valence-electron chi connectivity index (χ0n) is 13.2. The lowest BCUT2D eigenvalue weighted by Gasteiger charge is -2.30. The lowest BCUT2D eigenvalue weighted by molar-refractivity contribution is -0.122. The molecule has 0 fully saturated rings. The van der Waals surface area contributed by atoms with Gasteiger partial charge in [-0.15, -0.1) is 0 Å². The number of para-hydroxylation sites is 1. The first kappa shape index (κ1) is 14.6. The van der Waals surface area contributed by atoms with Crippen molar-refractivity contribution >= 4 is 17.5 Å². The molecule has 0 spiro atoms. The predicted molar refractivity (Wildman–Crippen MR) is 85.6 cm³/mol. The number of carbonyl (C=O) groups excluding carboxylic acids is 2. The molecule has 122 valence electrons. The molecule has 7 nitrogen and oxygen atoms in total. The average Bonchev–Trinajstić information content (AvgIpc) is 2.61. The molecular formula is C17H16N4O3. The Labute approximate surface area is 138 Å². The third-order valence-corrected chi connectivity index (χ3v) is 4.33. The van der Waals surface area contributed by atoms with Crippen LogP contribution in [0.4, 0.5) is 5.69 Å². The van der Waals surface area contributed by atoms with Crippen LogP contribution in [0.25, 0.3) is 0 Å². The molecule has 0 unspecified atom stereocenters. The van der Waals surface area contributed by atoms with Crippen molar-refractivity contribution in [2.45, 2.75) is 26.0 Å². The second-order valence-corrected chi connectivity index (χ2v) is 5.90. The SMILES string of the molecule is C[C@H]1Oc2c(cccc2C(=O)N2CCc3cncnc3C2)NC1=O. The Morgan fingerprint density at radius 2 is 2.29 bits per heavy atom. The van der Waals surface area contributed by atoms with Gasteiger partial charge in [-0.25, -0.2) is 9.97 Å². The number of nitrogens with zero attached hydrogens (tertiary/aromatic N) is 3. The van der Waals surface area contributed by atoms with Crippen LogP contribution in [-0.2, 0) is 17.8 Å². The fraction of sp³-hybridized carbons (Fsp3) is 0.294. The number of aromatic nitrogens is 2. The van der Waals surface area contributed by atoms with E-state index in [4.69, 9.17) is 4.74 Å². The van der Waals surface area contributed by atoms with Crippen LogP contribution < -0.4 is 10.1 Å². The zero-order chi connectivity index (χ0) is 16.7. The van der Waals surface area contributed by atoms with Crippen LogP contribution in [0, 0.1) is 0 Å². The minimum Gasteiger partial charge on any atom is -0.478 e. The van der Waals surface area contributed by atoms with Gasteiger partial charge >= 0.3 is 0 Å². The fourth-order valence-electron chi connectivity index (χ4n) is 2.99. The van der Waals surface area contributed by atoms with Crippen LogP contribution in [0.3, 0.4) is 0 Å². The number of benzene rings is 1. The fourth-order valence-corrected chi connectivity index (χ4v) is 2.99. The van der Waals surface area contributed by atoms with Crippen LogP contribution in [0.1, 0.15) is 28.5 Å². The molecule has 0 saturated heterocycles. The Balaban J connectivity index is 1.65. The summed E-state index contributed by atoms with van der Waals surface area (Å²) in [5.74, 6) is 0.0956. The average molecular weight is 324 g/mol. The van der Waals surface area contributed by atoms with Crippen molar-refractivity contribution in [3.05, 3.63) is 47.5 Å². The van der Waals surface area contributed by atoms with Crippen molar-refractivity contribution in [3.63, 3.8) is 0 Å². The van der Waals surface area contributed by atoms with Crippen molar-refractivity contribution in [1.82, 2.24) is 14.9 Å². The van der Waals surface area contributed by atoms with E-state index in [1.165, 1.54) is 6.33 Å². The van der Waals surface area contributed by atoms with Crippen LogP contribution in [-0.4, -0.2) is 39.3 Å². The van der Waals surface area contributed by atoms with E-state index >= 15 is 0 Å². The van der Waals surface area contributed by atoms with Crippen molar-refractivity contribution in [3.8, 4) is 5.75 Å². The Kier molecular flexibility index (Phi) is 3.41. The van der Waals surface area contributed by atoms with Gasteiger partial charge in [0.2, 0.25) is 0 Å². The maximum atomic E-state index is 13.0. The number of ether oxygens (including phenoxy) is 1. The first-order valence-electron chi connectivity index (χ1n) is 7.81. The highest BCUT2D eigenvalue weighted by Crippen LogP contribution is 2.34. The molecular weight excluding hydrogens is 308 g/mol. The molecule has 1 aromatic heterocycles.